The Balaban J connectivity index is 0.00000121. The first-order valence-electron chi connectivity index (χ1n) is 3.92. The van der Waals surface area contributed by atoms with Gasteiger partial charge in [-0.05, 0) is 29.9 Å². The molecule has 70 valence electrons. The Labute approximate surface area is 84.4 Å². The highest BCUT2D eigenvalue weighted by atomic mass is 35.5. The average molecular weight is 206 g/mol. The molecule has 0 fully saturated rings. The van der Waals surface area contributed by atoms with Crippen molar-refractivity contribution in [1.29, 1.82) is 0 Å². The van der Waals surface area contributed by atoms with E-state index in [0.29, 0.717) is 5.92 Å². The van der Waals surface area contributed by atoms with Crippen molar-refractivity contribution >= 4 is 23.7 Å². The lowest BCUT2D eigenvalue weighted by Crippen LogP contribution is -2.15. The van der Waals surface area contributed by atoms with Gasteiger partial charge in [0.2, 0.25) is 0 Å². The zero-order valence-corrected chi connectivity index (χ0v) is 9.34. The molecule has 0 saturated carbocycles. The van der Waals surface area contributed by atoms with Gasteiger partial charge in [0.25, 0.3) is 0 Å². The highest BCUT2D eigenvalue weighted by Gasteiger charge is 2.13. The Kier molecular flexibility index (Phi) is 4.83. The minimum atomic E-state index is 0. The van der Waals surface area contributed by atoms with Crippen LogP contribution in [0.4, 0.5) is 0 Å². The van der Waals surface area contributed by atoms with Gasteiger partial charge in [-0.25, -0.2) is 0 Å². The number of thiophene rings is 1. The summed E-state index contributed by atoms with van der Waals surface area (Å²) < 4.78 is 0. The van der Waals surface area contributed by atoms with Crippen molar-refractivity contribution in [2.75, 3.05) is 0 Å². The SMILES string of the molecule is Cc1ccsc1C(N)C(C)C.Cl. The molecular weight excluding hydrogens is 190 g/mol. The first-order valence-corrected chi connectivity index (χ1v) is 4.80. The number of nitrogens with two attached hydrogens (primary N) is 1. The number of hydrogen-bond acceptors (Lipinski definition) is 2. The van der Waals surface area contributed by atoms with Crippen molar-refractivity contribution in [3.63, 3.8) is 0 Å². The van der Waals surface area contributed by atoms with Gasteiger partial charge in [-0.1, -0.05) is 13.8 Å². The van der Waals surface area contributed by atoms with Crippen LogP contribution in [-0.2, 0) is 0 Å². The predicted molar refractivity (Wildman–Crippen MR) is 58.1 cm³/mol. The summed E-state index contributed by atoms with van der Waals surface area (Å²) in [6.45, 7) is 6.43. The summed E-state index contributed by atoms with van der Waals surface area (Å²) in [5.41, 5.74) is 7.32. The van der Waals surface area contributed by atoms with Gasteiger partial charge in [0.05, 0.1) is 0 Å². The third-order valence-electron chi connectivity index (χ3n) is 1.92. The molecule has 1 rings (SSSR count). The summed E-state index contributed by atoms with van der Waals surface area (Å²) in [4.78, 5) is 1.33. The highest BCUT2D eigenvalue weighted by Crippen LogP contribution is 2.26. The molecule has 0 aliphatic rings. The molecule has 1 heterocycles. The lowest BCUT2D eigenvalue weighted by atomic mass is 10.0. The van der Waals surface area contributed by atoms with Gasteiger partial charge in [0, 0.05) is 10.9 Å². The first kappa shape index (κ1) is 11.9. The summed E-state index contributed by atoms with van der Waals surface area (Å²) >= 11 is 1.76. The van der Waals surface area contributed by atoms with E-state index in [2.05, 4.69) is 32.2 Å². The van der Waals surface area contributed by atoms with Gasteiger partial charge in [-0.2, -0.15) is 0 Å². The van der Waals surface area contributed by atoms with Crippen LogP contribution in [0.2, 0.25) is 0 Å². The third-order valence-corrected chi connectivity index (χ3v) is 3.04. The van der Waals surface area contributed by atoms with Crippen LogP contribution in [0.5, 0.6) is 0 Å². The van der Waals surface area contributed by atoms with Crippen molar-refractivity contribution in [2.45, 2.75) is 26.8 Å². The molecule has 1 atom stereocenters. The largest absolute Gasteiger partial charge is 0.323 e. The fourth-order valence-electron chi connectivity index (χ4n) is 1.03. The number of halogens is 1. The Morgan fingerprint density at radius 2 is 2.00 bits per heavy atom. The summed E-state index contributed by atoms with van der Waals surface area (Å²) in [5.74, 6) is 0.535. The predicted octanol–water partition coefficient (Wildman–Crippen LogP) is 3.13. The summed E-state index contributed by atoms with van der Waals surface area (Å²) in [6, 6.07) is 2.34. The van der Waals surface area contributed by atoms with E-state index >= 15 is 0 Å². The lowest BCUT2D eigenvalue weighted by Gasteiger charge is -2.14. The van der Waals surface area contributed by atoms with Crippen LogP contribution in [0, 0.1) is 12.8 Å². The van der Waals surface area contributed by atoms with Crippen LogP contribution in [0.15, 0.2) is 11.4 Å². The highest BCUT2D eigenvalue weighted by molar-refractivity contribution is 7.10. The average Bonchev–Trinajstić information content (AvgIpc) is 2.33. The van der Waals surface area contributed by atoms with Crippen LogP contribution in [0.25, 0.3) is 0 Å². The maximum Gasteiger partial charge on any atom is 0.0415 e. The van der Waals surface area contributed by atoms with E-state index in [1.165, 1.54) is 10.4 Å². The summed E-state index contributed by atoms with van der Waals surface area (Å²) in [7, 11) is 0. The second kappa shape index (κ2) is 4.85. The second-order valence-corrected chi connectivity index (χ2v) is 4.19. The van der Waals surface area contributed by atoms with E-state index in [0.717, 1.165) is 0 Å². The van der Waals surface area contributed by atoms with Crippen LogP contribution in [-0.4, -0.2) is 0 Å². The van der Waals surface area contributed by atoms with Crippen molar-refractivity contribution in [3.8, 4) is 0 Å². The molecule has 0 aliphatic carbocycles. The quantitative estimate of drug-likeness (QED) is 0.789. The lowest BCUT2D eigenvalue weighted by molar-refractivity contribution is 0.520. The number of rotatable bonds is 2. The molecule has 1 aromatic heterocycles. The zero-order valence-electron chi connectivity index (χ0n) is 7.70. The maximum absolute atomic E-state index is 5.99. The van der Waals surface area contributed by atoms with Crippen molar-refractivity contribution in [1.82, 2.24) is 0 Å². The minimum absolute atomic E-state index is 0. The van der Waals surface area contributed by atoms with Gasteiger partial charge < -0.3 is 5.73 Å². The molecule has 12 heavy (non-hydrogen) atoms. The fraction of sp³-hybridized carbons (Fsp3) is 0.556. The first-order chi connectivity index (χ1) is 5.13. The molecule has 0 aromatic carbocycles. The third kappa shape index (κ3) is 2.47. The van der Waals surface area contributed by atoms with E-state index in [9.17, 15) is 0 Å². The topological polar surface area (TPSA) is 26.0 Å². The molecule has 0 spiro atoms. The van der Waals surface area contributed by atoms with E-state index < -0.39 is 0 Å². The number of hydrogen-bond donors (Lipinski definition) is 1. The normalized spacial score (nSPS) is 12.8. The molecule has 0 aliphatic heterocycles. The van der Waals surface area contributed by atoms with E-state index in [1.54, 1.807) is 11.3 Å². The Hall–Kier alpha value is -0.0500. The molecular formula is C9H16ClNS. The van der Waals surface area contributed by atoms with Crippen molar-refractivity contribution in [3.05, 3.63) is 21.9 Å². The van der Waals surface area contributed by atoms with Gasteiger partial charge in [-0.15, -0.1) is 23.7 Å². The number of aryl methyl sites for hydroxylation is 1. The molecule has 3 heteroatoms. The van der Waals surface area contributed by atoms with Crippen molar-refractivity contribution < 1.29 is 0 Å². The van der Waals surface area contributed by atoms with Crippen LogP contribution in [0.1, 0.15) is 30.3 Å². The van der Waals surface area contributed by atoms with E-state index in [-0.39, 0.29) is 18.4 Å². The van der Waals surface area contributed by atoms with Crippen LogP contribution in [0.3, 0.4) is 0 Å². The van der Waals surface area contributed by atoms with Gasteiger partial charge in [0.15, 0.2) is 0 Å². The fourth-order valence-corrected chi connectivity index (χ4v) is 2.13. The molecule has 2 N–H and O–H groups in total. The van der Waals surface area contributed by atoms with Gasteiger partial charge in [-0.3, -0.25) is 0 Å². The molecule has 0 radical (unpaired) electrons. The van der Waals surface area contributed by atoms with Gasteiger partial charge >= 0.3 is 0 Å². The van der Waals surface area contributed by atoms with Gasteiger partial charge in [0.1, 0.15) is 0 Å². The Morgan fingerprint density at radius 3 is 2.33 bits per heavy atom. The second-order valence-electron chi connectivity index (χ2n) is 3.24. The molecule has 1 aromatic rings. The zero-order chi connectivity index (χ0) is 8.43. The van der Waals surface area contributed by atoms with Crippen molar-refractivity contribution in [2.24, 2.45) is 11.7 Å². The molecule has 1 nitrogen and oxygen atoms in total. The Bertz CT molecular complexity index is 232. The van der Waals surface area contributed by atoms with Crippen LogP contribution < -0.4 is 5.73 Å². The smallest absolute Gasteiger partial charge is 0.0415 e. The van der Waals surface area contributed by atoms with E-state index in [4.69, 9.17) is 5.73 Å². The molecule has 0 amide bonds. The minimum Gasteiger partial charge on any atom is -0.323 e. The molecule has 0 bridgehead atoms. The van der Waals surface area contributed by atoms with E-state index in [1.807, 2.05) is 0 Å². The van der Waals surface area contributed by atoms with Crippen LogP contribution >= 0.6 is 23.7 Å². The summed E-state index contributed by atoms with van der Waals surface area (Å²) in [5, 5.41) is 2.10. The molecule has 0 saturated heterocycles. The maximum atomic E-state index is 5.99. The monoisotopic (exact) mass is 205 g/mol. The summed E-state index contributed by atoms with van der Waals surface area (Å²) in [6.07, 6.45) is 0. The standard InChI is InChI=1S/C9H15NS.ClH/c1-6(2)8(10)9-7(3)4-5-11-9;/h4-6,8H,10H2,1-3H3;1H. The molecule has 1 unspecified atom stereocenters. The Morgan fingerprint density at radius 1 is 1.42 bits per heavy atom.